The molecule has 2 rings (SSSR count). The Morgan fingerprint density at radius 2 is 2.27 bits per heavy atom. The van der Waals surface area contributed by atoms with Gasteiger partial charge in [-0.1, -0.05) is 19.4 Å². The number of aryl methyl sites for hydroxylation is 1. The third-order valence-electron chi connectivity index (χ3n) is 2.15. The molecule has 78 valence electrons. The molecule has 0 aliphatic rings. The minimum atomic E-state index is 0.740. The first-order chi connectivity index (χ1) is 7.42. The predicted molar refractivity (Wildman–Crippen MR) is 56.0 cm³/mol. The zero-order chi connectivity index (χ0) is 10.5. The van der Waals surface area contributed by atoms with Crippen molar-refractivity contribution in [1.82, 2.24) is 25.2 Å². The first kappa shape index (κ1) is 9.76. The minimum absolute atomic E-state index is 0.740. The molecule has 0 fully saturated rings. The molecule has 0 saturated heterocycles. The Bertz CT molecular complexity index is 409. The van der Waals surface area contributed by atoms with Crippen molar-refractivity contribution in [1.29, 1.82) is 0 Å². The number of aromatic nitrogens is 5. The van der Waals surface area contributed by atoms with Gasteiger partial charge in [-0.2, -0.15) is 0 Å². The summed E-state index contributed by atoms with van der Waals surface area (Å²) in [6.45, 7) is 2.99. The molecule has 2 aromatic rings. The number of hydrogen-bond acceptors (Lipinski definition) is 4. The Morgan fingerprint density at radius 3 is 3.00 bits per heavy atom. The van der Waals surface area contributed by atoms with Gasteiger partial charge in [-0.25, -0.2) is 4.68 Å². The largest absolute Gasteiger partial charge is 0.253 e. The fourth-order valence-corrected chi connectivity index (χ4v) is 1.34. The highest BCUT2D eigenvalue weighted by Gasteiger charge is 2.08. The van der Waals surface area contributed by atoms with Gasteiger partial charge in [0.15, 0.2) is 0 Å². The summed E-state index contributed by atoms with van der Waals surface area (Å²) in [6, 6.07) is 5.72. The third-order valence-corrected chi connectivity index (χ3v) is 2.15. The van der Waals surface area contributed by atoms with Gasteiger partial charge in [0.25, 0.3) is 0 Å². The molecular formula is C10H13N5. The van der Waals surface area contributed by atoms with E-state index in [1.54, 1.807) is 10.9 Å². The van der Waals surface area contributed by atoms with Crippen LogP contribution in [0.3, 0.4) is 0 Å². The van der Waals surface area contributed by atoms with Crippen molar-refractivity contribution >= 4 is 0 Å². The Hall–Kier alpha value is -1.78. The van der Waals surface area contributed by atoms with E-state index >= 15 is 0 Å². The summed E-state index contributed by atoms with van der Waals surface area (Å²) < 4.78 is 1.80. The van der Waals surface area contributed by atoms with Crippen molar-refractivity contribution in [3.05, 3.63) is 24.4 Å². The van der Waals surface area contributed by atoms with Gasteiger partial charge in [-0.15, -0.1) is 5.10 Å². The molecule has 15 heavy (non-hydrogen) atoms. The Labute approximate surface area is 88.2 Å². The predicted octanol–water partition coefficient (Wildman–Crippen LogP) is 1.54. The molecule has 0 saturated carbocycles. The molecule has 5 heteroatoms. The maximum atomic E-state index is 4.23. The van der Waals surface area contributed by atoms with Gasteiger partial charge >= 0.3 is 0 Å². The molecule has 5 nitrogen and oxygen atoms in total. The maximum Gasteiger partial charge on any atom is 0.200 e. The van der Waals surface area contributed by atoms with Crippen LogP contribution in [-0.2, 0) is 6.54 Å². The summed E-state index contributed by atoms with van der Waals surface area (Å²) in [5, 5.41) is 11.6. The van der Waals surface area contributed by atoms with Crippen molar-refractivity contribution < 1.29 is 0 Å². The number of unbranched alkanes of at least 4 members (excludes halogenated alkanes) is 1. The first-order valence-electron chi connectivity index (χ1n) is 5.09. The Kier molecular flexibility index (Phi) is 3.02. The fourth-order valence-electron chi connectivity index (χ4n) is 1.34. The molecule has 0 unspecified atom stereocenters. The van der Waals surface area contributed by atoms with Crippen LogP contribution in [0.1, 0.15) is 19.8 Å². The average molecular weight is 203 g/mol. The van der Waals surface area contributed by atoms with Crippen LogP contribution in [-0.4, -0.2) is 25.2 Å². The van der Waals surface area contributed by atoms with Crippen molar-refractivity contribution in [2.45, 2.75) is 26.3 Å². The van der Waals surface area contributed by atoms with Gasteiger partial charge < -0.3 is 0 Å². The van der Waals surface area contributed by atoms with Gasteiger partial charge in [-0.05, 0) is 29.0 Å². The van der Waals surface area contributed by atoms with Gasteiger partial charge in [0.1, 0.15) is 5.69 Å². The number of hydrogen-bond donors (Lipinski definition) is 0. The molecule has 0 aromatic carbocycles. The van der Waals surface area contributed by atoms with Gasteiger partial charge in [0, 0.05) is 12.7 Å². The van der Waals surface area contributed by atoms with Gasteiger partial charge in [0.2, 0.25) is 5.82 Å². The molecule has 0 N–H and O–H groups in total. The van der Waals surface area contributed by atoms with Crippen LogP contribution in [0.4, 0.5) is 0 Å². The highest BCUT2D eigenvalue weighted by Crippen LogP contribution is 2.11. The van der Waals surface area contributed by atoms with E-state index in [0.29, 0.717) is 0 Å². The standard InChI is InChI=1S/C10H13N5/c1-2-3-8-15-10(12-13-14-15)9-6-4-5-7-11-9/h4-7H,2-3,8H2,1H3. The van der Waals surface area contributed by atoms with Crippen LogP contribution in [0, 0.1) is 0 Å². The van der Waals surface area contributed by atoms with Crippen molar-refractivity contribution in [3.8, 4) is 11.5 Å². The van der Waals surface area contributed by atoms with Crippen LogP contribution in [0.15, 0.2) is 24.4 Å². The highest BCUT2D eigenvalue weighted by molar-refractivity contribution is 5.47. The summed E-state index contributed by atoms with van der Waals surface area (Å²) in [5.41, 5.74) is 0.818. The second-order valence-electron chi connectivity index (χ2n) is 3.29. The van der Waals surface area contributed by atoms with Crippen molar-refractivity contribution in [2.75, 3.05) is 0 Å². The smallest absolute Gasteiger partial charge is 0.200 e. The monoisotopic (exact) mass is 203 g/mol. The van der Waals surface area contributed by atoms with Crippen LogP contribution in [0.5, 0.6) is 0 Å². The topological polar surface area (TPSA) is 56.5 Å². The molecule has 0 amide bonds. The number of tetrazole rings is 1. The van der Waals surface area contributed by atoms with E-state index in [1.807, 2.05) is 18.2 Å². The van der Waals surface area contributed by atoms with Crippen molar-refractivity contribution in [2.24, 2.45) is 0 Å². The number of nitrogens with zero attached hydrogens (tertiary/aromatic N) is 5. The van der Waals surface area contributed by atoms with Crippen LogP contribution in [0.2, 0.25) is 0 Å². The zero-order valence-corrected chi connectivity index (χ0v) is 8.67. The number of pyridine rings is 1. The molecule has 0 spiro atoms. The summed E-state index contributed by atoms with van der Waals surface area (Å²) in [5.74, 6) is 0.740. The summed E-state index contributed by atoms with van der Waals surface area (Å²) in [7, 11) is 0. The number of rotatable bonds is 4. The lowest BCUT2D eigenvalue weighted by molar-refractivity contribution is 0.556. The van der Waals surface area contributed by atoms with Gasteiger partial charge in [-0.3, -0.25) is 4.98 Å². The Morgan fingerprint density at radius 1 is 1.33 bits per heavy atom. The fraction of sp³-hybridized carbons (Fsp3) is 0.400. The zero-order valence-electron chi connectivity index (χ0n) is 8.67. The molecule has 2 heterocycles. The Balaban J connectivity index is 2.25. The van der Waals surface area contributed by atoms with E-state index in [0.717, 1.165) is 30.9 Å². The molecule has 0 aliphatic carbocycles. The lowest BCUT2D eigenvalue weighted by Gasteiger charge is -2.01. The minimum Gasteiger partial charge on any atom is -0.253 e. The van der Waals surface area contributed by atoms with Crippen LogP contribution in [0.25, 0.3) is 11.5 Å². The third kappa shape index (κ3) is 2.18. The summed E-state index contributed by atoms with van der Waals surface area (Å²) >= 11 is 0. The van der Waals surface area contributed by atoms with E-state index in [9.17, 15) is 0 Å². The van der Waals surface area contributed by atoms with Crippen LogP contribution < -0.4 is 0 Å². The molecule has 0 atom stereocenters. The summed E-state index contributed by atoms with van der Waals surface area (Å²) in [4.78, 5) is 4.23. The van der Waals surface area contributed by atoms with E-state index in [1.165, 1.54) is 0 Å². The normalized spacial score (nSPS) is 10.5. The molecule has 0 aliphatic heterocycles. The SMILES string of the molecule is CCCCn1nnnc1-c1ccccn1. The molecule has 2 aromatic heterocycles. The molecule has 0 radical (unpaired) electrons. The van der Waals surface area contributed by atoms with E-state index in [4.69, 9.17) is 0 Å². The second-order valence-corrected chi connectivity index (χ2v) is 3.29. The maximum absolute atomic E-state index is 4.23. The average Bonchev–Trinajstić information content (AvgIpc) is 2.75. The summed E-state index contributed by atoms with van der Waals surface area (Å²) in [6.07, 6.45) is 3.95. The van der Waals surface area contributed by atoms with E-state index in [-0.39, 0.29) is 0 Å². The van der Waals surface area contributed by atoms with Crippen LogP contribution >= 0.6 is 0 Å². The highest BCUT2D eigenvalue weighted by atomic mass is 15.5. The lowest BCUT2D eigenvalue weighted by Crippen LogP contribution is -2.03. The first-order valence-corrected chi connectivity index (χ1v) is 5.09. The van der Waals surface area contributed by atoms with E-state index < -0.39 is 0 Å². The van der Waals surface area contributed by atoms with Gasteiger partial charge in [0.05, 0.1) is 0 Å². The second kappa shape index (κ2) is 4.63. The quantitative estimate of drug-likeness (QED) is 0.756. The van der Waals surface area contributed by atoms with Crippen molar-refractivity contribution in [3.63, 3.8) is 0 Å². The van der Waals surface area contributed by atoms with E-state index in [2.05, 4.69) is 27.4 Å². The lowest BCUT2D eigenvalue weighted by atomic mass is 10.3. The molecular weight excluding hydrogens is 190 g/mol. The molecule has 0 bridgehead atoms.